The van der Waals surface area contributed by atoms with Crippen molar-refractivity contribution in [3.8, 4) is 11.5 Å². The van der Waals surface area contributed by atoms with Crippen molar-refractivity contribution >= 4 is 10.0 Å². The van der Waals surface area contributed by atoms with E-state index in [1.807, 2.05) is 27.8 Å². The maximum absolute atomic E-state index is 12.2. The highest BCUT2D eigenvalue weighted by molar-refractivity contribution is 7.89. The van der Waals surface area contributed by atoms with E-state index >= 15 is 0 Å². The summed E-state index contributed by atoms with van der Waals surface area (Å²) in [4.78, 5) is 4.56. The van der Waals surface area contributed by atoms with Crippen LogP contribution in [0.15, 0.2) is 33.7 Å². The molecule has 24 heavy (non-hydrogen) atoms. The lowest BCUT2D eigenvalue weighted by Crippen LogP contribution is -2.31. The minimum atomic E-state index is -3.51. The molecule has 0 radical (unpaired) electrons. The number of nitrogens with one attached hydrogen (secondary N) is 2. The number of nitrogens with zero attached hydrogens (tertiary/aromatic N) is 2. The average Bonchev–Trinajstić information content (AvgIpc) is 3.02. The van der Waals surface area contributed by atoms with Crippen molar-refractivity contribution in [2.45, 2.75) is 50.6 Å². The molecule has 0 fully saturated rings. The second kappa shape index (κ2) is 7.87. The summed E-state index contributed by atoms with van der Waals surface area (Å²) in [6, 6.07) is 6.56. The smallest absolute Gasteiger partial charge is 0.257 e. The molecule has 0 bridgehead atoms. The van der Waals surface area contributed by atoms with Gasteiger partial charge in [-0.25, -0.2) is 13.1 Å². The third kappa shape index (κ3) is 4.62. The van der Waals surface area contributed by atoms with Crippen molar-refractivity contribution in [1.29, 1.82) is 0 Å². The predicted octanol–water partition coefficient (Wildman–Crippen LogP) is 1.96. The van der Waals surface area contributed by atoms with Gasteiger partial charge >= 0.3 is 0 Å². The van der Waals surface area contributed by atoms with E-state index in [1.165, 1.54) is 0 Å². The molecule has 2 N–H and O–H groups in total. The predicted molar refractivity (Wildman–Crippen MR) is 92.0 cm³/mol. The van der Waals surface area contributed by atoms with Crippen LogP contribution in [0, 0.1) is 0 Å². The molecule has 0 saturated carbocycles. The summed E-state index contributed by atoms with van der Waals surface area (Å²) in [5.41, 5.74) is 0.688. The van der Waals surface area contributed by atoms with Gasteiger partial charge < -0.3 is 9.84 Å². The molecule has 2 rings (SSSR count). The Morgan fingerprint density at radius 2 is 1.83 bits per heavy atom. The van der Waals surface area contributed by atoms with Gasteiger partial charge in [0.05, 0.1) is 4.90 Å². The van der Waals surface area contributed by atoms with Crippen molar-refractivity contribution in [1.82, 2.24) is 20.2 Å². The third-order valence-corrected chi connectivity index (χ3v) is 5.44. The zero-order valence-corrected chi connectivity index (χ0v) is 15.2. The lowest BCUT2D eigenvalue weighted by molar-refractivity contribution is 0.418. The van der Waals surface area contributed by atoms with Gasteiger partial charge in [-0.15, -0.1) is 0 Å². The molecule has 1 aromatic heterocycles. The molecule has 132 valence electrons. The molecule has 2 aromatic rings. The Bertz CT molecular complexity index is 756. The van der Waals surface area contributed by atoms with Crippen LogP contribution in [0.25, 0.3) is 11.5 Å². The van der Waals surface area contributed by atoms with Gasteiger partial charge in [-0.3, -0.25) is 0 Å². The molecule has 0 aliphatic heterocycles. The molecule has 8 heteroatoms. The zero-order chi connectivity index (χ0) is 17.7. The van der Waals surface area contributed by atoms with E-state index in [9.17, 15) is 8.42 Å². The fraction of sp³-hybridized carbons (Fsp3) is 0.500. The topological polar surface area (TPSA) is 97.1 Å². The molecule has 0 aliphatic rings. The lowest BCUT2D eigenvalue weighted by atomic mass is 10.2. The molecule has 0 spiro atoms. The zero-order valence-electron chi connectivity index (χ0n) is 14.4. The Morgan fingerprint density at radius 1 is 1.17 bits per heavy atom. The number of hydrogen-bond acceptors (Lipinski definition) is 6. The maximum atomic E-state index is 12.2. The van der Waals surface area contributed by atoms with Crippen LogP contribution in [0.4, 0.5) is 0 Å². The van der Waals surface area contributed by atoms with E-state index in [0.717, 1.165) is 6.42 Å². The van der Waals surface area contributed by atoms with E-state index < -0.39 is 10.0 Å². The van der Waals surface area contributed by atoms with Crippen LogP contribution in [-0.2, 0) is 16.4 Å². The van der Waals surface area contributed by atoms with E-state index in [2.05, 4.69) is 20.2 Å². The highest BCUT2D eigenvalue weighted by Crippen LogP contribution is 2.20. The van der Waals surface area contributed by atoms with Crippen molar-refractivity contribution in [3.05, 3.63) is 30.1 Å². The molecule has 0 saturated heterocycles. The number of sulfonamides is 1. The second-order valence-corrected chi connectivity index (χ2v) is 7.58. The molecular formula is C16H24N4O3S. The van der Waals surface area contributed by atoms with Gasteiger partial charge in [0.1, 0.15) is 0 Å². The summed E-state index contributed by atoms with van der Waals surface area (Å²) < 4.78 is 32.4. The van der Waals surface area contributed by atoms with Crippen LogP contribution in [0.3, 0.4) is 0 Å². The van der Waals surface area contributed by atoms with Gasteiger partial charge in [0.2, 0.25) is 10.0 Å². The van der Waals surface area contributed by atoms with E-state index in [1.54, 1.807) is 24.3 Å². The monoisotopic (exact) mass is 352 g/mol. The van der Waals surface area contributed by atoms with Crippen LogP contribution in [0.2, 0.25) is 0 Å². The number of benzene rings is 1. The number of rotatable bonds is 8. The molecule has 2 unspecified atom stereocenters. The van der Waals surface area contributed by atoms with Crippen molar-refractivity contribution < 1.29 is 12.9 Å². The van der Waals surface area contributed by atoms with Crippen LogP contribution in [0.5, 0.6) is 0 Å². The van der Waals surface area contributed by atoms with Gasteiger partial charge in [0.25, 0.3) is 5.89 Å². The quantitative estimate of drug-likeness (QED) is 0.754. The Balaban J connectivity index is 2.15. The number of hydrogen-bond donors (Lipinski definition) is 2. The summed E-state index contributed by atoms with van der Waals surface area (Å²) in [6.45, 7) is 5.79. The first-order valence-electron chi connectivity index (χ1n) is 7.98. The SMILES string of the molecule is CCC(C)NS(=O)(=O)c1ccc(-c2nc(CC(C)NC)no2)cc1. The van der Waals surface area contributed by atoms with Crippen LogP contribution in [0.1, 0.15) is 33.0 Å². The highest BCUT2D eigenvalue weighted by Gasteiger charge is 2.17. The Labute approximate surface area is 142 Å². The Hall–Kier alpha value is -1.77. The lowest BCUT2D eigenvalue weighted by Gasteiger charge is -2.12. The van der Waals surface area contributed by atoms with Gasteiger partial charge in [0, 0.05) is 24.1 Å². The van der Waals surface area contributed by atoms with Crippen LogP contribution >= 0.6 is 0 Å². The minimum absolute atomic E-state index is 0.109. The largest absolute Gasteiger partial charge is 0.334 e. The van der Waals surface area contributed by atoms with E-state index in [-0.39, 0.29) is 17.0 Å². The standard InChI is InChI=1S/C16H24N4O3S/c1-5-11(2)20-24(21,22)14-8-6-13(7-9-14)16-18-15(19-23-16)10-12(3)17-4/h6-9,11-12,17,20H,5,10H2,1-4H3. The molecular weight excluding hydrogens is 328 g/mol. The summed E-state index contributed by atoms with van der Waals surface area (Å²) in [5.74, 6) is 0.995. The molecule has 2 atom stereocenters. The summed E-state index contributed by atoms with van der Waals surface area (Å²) in [7, 11) is -1.64. The molecule has 7 nitrogen and oxygen atoms in total. The van der Waals surface area contributed by atoms with E-state index in [0.29, 0.717) is 23.7 Å². The third-order valence-electron chi connectivity index (χ3n) is 3.83. The summed E-state index contributed by atoms with van der Waals surface area (Å²) in [5, 5.41) is 7.06. The highest BCUT2D eigenvalue weighted by atomic mass is 32.2. The first-order valence-corrected chi connectivity index (χ1v) is 9.46. The number of aromatic nitrogens is 2. The van der Waals surface area contributed by atoms with Crippen molar-refractivity contribution in [2.75, 3.05) is 7.05 Å². The van der Waals surface area contributed by atoms with Gasteiger partial charge in [-0.05, 0) is 51.6 Å². The fourth-order valence-electron chi connectivity index (χ4n) is 2.02. The molecule has 0 amide bonds. The first kappa shape index (κ1) is 18.6. The molecule has 1 heterocycles. The Kier molecular flexibility index (Phi) is 6.09. The Morgan fingerprint density at radius 3 is 2.42 bits per heavy atom. The summed E-state index contributed by atoms with van der Waals surface area (Å²) in [6.07, 6.45) is 1.39. The minimum Gasteiger partial charge on any atom is -0.334 e. The van der Waals surface area contributed by atoms with Gasteiger partial charge in [0.15, 0.2) is 5.82 Å². The summed E-state index contributed by atoms with van der Waals surface area (Å²) >= 11 is 0. The van der Waals surface area contributed by atoms with Crippen LogP contribution < -0.4 is 10.0 Å². The van der Waals surface area contributed by atoms with Crippen LogP contribution in [-0.4, -0.2) is 37.7 Å². The first-order chi connectivity index (χ1) is 11.4. The van der Waals surface area contributed by atoms with Crippen molar-refractivity contribution in [3.63, 3.8) is 0 Å². The van der Waals surface area contributed by atoms with Gasteiger partial charge in [-0.2, -0.15) is 4.98 Å². The number of likely N-dealkylation sites (N-methyl/N-ethyl adjacent to an activating group) is 1. The maximum Gasteiger partial charge on any atom is 0.257 e. The fourth-order valence-corrected chi connectivity index (χ4v) is 3.35. The van der Waals surface area contributed by atoms with E-state index in [4.69, 9.17) is 4.52 Å². The average molecular weight is 352 g/mol. The normalized spacial score (nSPS) is 14.5. The molecule has 1 aromatic carbocycles. The van der Waals surface area contributed by atoms with Crippen molar-refractivity contribution in [2.24, 2.45) is 0 Å². The second-order valence-electron chi connectivity index (χ2n) is 5.86. The molecule has 0 aliphatic carbocycles. The van der Waals surface area contributed by atoms with Gasteiger partial charge in [-0.1, -0.05) is 12.1 Å².